The zero-order valence-electron chi connectivity index (χ0n) is 11.3. The number of aliphatic hydroxyl groups excluding tert-OH is 1. The lowest BCUT2D eigenvalue weighted by Gasteiger charge is -2.37. The second-order valence-corrected chi connectivity index (χ2v) is 5.57. The van der Waals surface area contributed by atoms with E-state index in [9.17, 15) is 9.90 Å². The lowest BCUT2D eigenvalue weighted by molar-refractivity contribution is -0.0546. The van der Waals surface area contributed by atoms with Crippen LogP contribution in [0.5, 0.6) is 5.75 Å². The fourth-order valence-corrected chi connectivity index (χ4v) is 2.84. The number of hydrogen-bond acceptors (Lipinski definition) is 4. The highest BCUT2D eigenvalue weighted by Gasteiger charge is 2.34. The van der Waals surface area contributed by atoms with Crippen LogP contribution in [0.4, 0.5) is 0 Å². The topological polar surface area (TPSA) is 70.0 Å². The summed E-state index contributed by atoms with van der Waals surface area (Å²) in [6.45, 7) is 1.29. The van der Waals surface area contributed by atoms with E-state index >= 15 is 0 Å². The molecule has 2 aliphatic heterocycles. The average Bonchev–Trinajstić information content (AvgIpc) is 2.95. The Morgan fingerprint density at radius 3 is 2.80 bits per heavy atom. The minimum atomic E-state index is -1.04. The van der Waals surface area contributed by atoms with E-state index in [1.807, 2.05) is 12.1 Å². The Balaban J connectivity index is 1.76. The number of fused-ring (bicyclic) bond motifs is 1. The van der Waals surface area contributed by atoms with Gasteiger partial charge in [0.25, 0.3) is 5.91 Å². The minimum absolute atomic E-state index is 0.0521. The summed E-state index contributed by atoms with van der Waals surface area (Å²) in [5.41, 5.74) is 0.653. The van der Waals surface area contributed by atoms with Gasteiger partial charge in [-0.05, 0) is 24.5 Å². The molecule has 108 valence electrons. The Bertz CT molecular complexity index is 521. The molecule has 0 aliphatic carbocycles. The molecule has 0 radical (unpaired) electrons. The van der Waals surface area contributed by atoms with Gasteiger partial charge in [0.1, 0.15) is 5.75 Å². The van der Waals surface area contributed by atoms with Crippen molar-refractivity contribution in [2.75, 3.05) is 26.3 Å². The van der Waals surface area contributed by atoms with Crippen LogP contribution in [-0.2, 0) is 6.42 Å². The van der Waals surface area contributed by atoms with E-state index in [0.717, 1.165) is 12.0 Å². The molecule has 0 spiro atoms. The molecule has 0 aromatic heterocycles. The summed E-state index contributed by atoms with van der Waals surface area (Å²) in [5.74, 6) is 0.657. The molecular weight excluding hydrogens is 258 g/mol. The van der Waals surface area contributed by atoms with E-state index in [1.165, 1.54) is 0 Å². The molecule has 3 rings (SSSR count). The zero-order valence-corrected chi connectivity index (χ0v) is 11.3. The first-order valence-corrected chi connectivity index (χ1v) is 7.00. The smallest absolute Gasteiger partial charge is 0.257 e. The molecule has 0 unspecified atom stereocenters. The predicted octanol–water partition coefficient (Wildman–Crippen LogP) is 0.581. The molecule has 5 nitrogen and oxygen atoms in total. The van der Waals surface area contributed by atoms with Crippen molar-refractivity contribution in [1.82, 2.24) is 4.90 Å². The van der Waals surface area contributed by atoms with Gasteiger partial charge in [-0.1, -0.05) is 12.1 Å². The van der Waals surface area contributed by atoms with Gasteiger partial charge in [-0.3, -0.25) is 4.79 Å². The minimum Gasteiger partial charge on any atom is -0.492 e. The van der Waals surface area contributed by atoms with Crippen LogP contribution < -0.4 is 4.74 Å². The lowest BCUT2D eigenvalue weighted by atomic mass is 9.92. The van der Waals surface area contributed by atoms with Gasteiger partial charge < -0.3 is 19.8 Å². The maximum Gasteiger partial charge on any atom is 0.257 e. The van der Waals surface area contributed by atoms with E-state index in [0.29, 0.717) is 43.9 Å². The number of piperidine rings is 1. The summed E-state index contributed by atoms with van der Waals surface area (Å²) in [4.78, 5) is 14.3. The first-order valence-electron chi connectivity index (χ1n) is 7.00. The molecule has 0 saturated carbocycles. The molecule has 5 heteroatoms. The van der Waals surface area contributed by atoms with Crippen LogP contribution in [0.15, 0.2) is 18.2 Å². The van der Waals surface area contributed by atoms with Gasteiger partial charge in [-0.2, -0.15) is 0 Å². The van der Waals surface area contributed by atoms with Crippen LogP contribution in [0, 0.1) is 0 Å². The van der Waals surface area contributed by atoms with Gasteiger partial charge in [-0.15, -0.1) is 0 Å². The van der Waals surface area contributed by atoms with E-state index in [4.69, 9.17) is 9.84 Å². The summed E-state index contributed by atoms with van der Waals surface area (Å²) >= 11 is 0. The Morgan fingerprint density at radius 1 is 1.35 bits per heavy atom. The van der Waals surface area contributed by atoms with Crippen LogP contribution in [-0.4, -0.2) is 52.9 Å². The quantitative estimate of drug-likeness (QED) is 0.829. The second-order valence-electron chi connectivity index (χ2n) is 5.57. The number of amides is 1. The second kappa shape index (κ2) is 5.07. The number of likely N-dealkylation sites (tertiary alicyclic amines) is 1. The van der Waals surface area contributed by atoms with E-state index in [-0.39, 0.29) is 12.5 Å². The monoisotopic (exact) mass is 277 g/mol. The molecular formula is C15H19NO4. The van der Waals surface area contributed by atoms with Gasteiger partial charge in [0.05, 0.1) is 24.4 Å². The maximum atomic E-state index is 12.6. The molecule has 1 aromatic carbocycles. The van der Waals surface area contributed by atoms with Crippen molar-refractivity contribution >= 4 is 5.91 Å². The standard InChI is InChI=1S/C15H19NO4/c17-10-15(19)5-7-16(8-6-15)14(18)12-3-1-2-11-4-9-20-13(11)12/h1-3,17,19H,4-10H2. The highest BCUT2D eigenvalue weighted by molar-refractivity contribution is 5.97. The molecule has 2 aliphatic rings. The van der Waals surface area contributed by atoms with Gasteiger partial charge in [0.2, 0.25) is 0 Å². The van der Waals surface area contributed by atoms with Crippen molar-refractivity contribution in [2.24, 2.45) is 0 Å². The molecule has 0 atom stereocenters. The van der Waals surface area contributed by atoms with Crippen molar-refractivity contribution in [3.63, 3.8) is 0 Å². The lowest BCUT2D eigenvalue weighted by Crippen LogP contribution is -2.48. The summed E-state index contributed by atoms with van der Waals surface area (Å²) in [5, 5.41) is 19.1. The van der Waals surface area contributed by atoms with Crippen molar-refractivity contribution < 1.29 is 19.7 Å². The third-order valence-electron chi connectivity index (χ3n) is 4.22. The average molecular weight is 277 g/mol. The normalized spacial score (nSPS) is 20.4. The number of nitrogens with zero attached hydrogens (tertiary/aromatic N) is 1. The molecule has 1 saturated heterocycles. The molecule has 2 N–H and O–H groups in total. The number of carbonyl (C=O) groups is 1. The largest absolute Gasteiger partial charge is 0.492 e. The summed E-state index contributed by atoms with van der Waals surface area (Å²) < 4.78 is 5.57. The number of rotatable bonds is 2. The number of carbonyl (C=O) groups excluding carboxylic acids is 1. The summed E-state index contributed by atoms with van der Waals surface area (Å²) in [6, 6.07) is 5.66. The summed E-state index contributed by atoms with van der Waals surface area (Å²) in [7, 11) is 0. The number of benzene rings is 1. The van der Waals surface area contributed by atoms with Crippen molar-refractivity contribution in [3.8, 4) is 5.75 Å². The third-order valence-corrected chi connectivity index (χ3v) is 4.22. The van der Waals surface area contributed by atoms with E-state index in [1.54, 1.807) is 11.0 Å². The van der Waals surface area contributed by atoms with Crippen LogP contribution in [0.25, 0.3) is 0 Å². The maximum absolute atomic E-state index is 12.6. The van der Waals surface area contributed by atoms with Gasteiger partial charge in [0, 0.05) is 19.5 Å². The highest BCUT2D eigenvalue weighted by Crippen LogP contribution is 2.31. The Labute approximate surface area is 117 Å². The number of para-hydroxylation sites is 1. The van der Waals surface area contributed by atoms with Crippen molar-refractivity contribution in [2.45, 2.75) is 24.9 Å². The molecule has 2 heterocycles. The molecule has 1 amide bonds. The van der Waals surface area contributed by atoms with Gasteiger partial charge >= 0.3 is 0 Å². The summed E-state index contributed by atoms with van der Waals surface area (Å²) in [6.07, 6.45) is 1.66. The fourth-order valence-electron chi connectivity index (χ4n) is 2.84. The van der Waals surface area contributed by atoms with E-state index in [2.05, 4.69) is 0 Å². The third kappa shape index (κ3) is 2.27. The Hall–Kier alpha value is -1.59. The zero-order chi connectivity index (χ0) is 14.2. The first-order chi connectivity index (χ1) is 9.63. The highest BCUT2D eigenvalue weighted by atomic mass is 16.5. The molecule has 1 fully saturated rings. The molecule has 0 bridgehead atoms. The van der Waals surface area contributed by atoms with Crippen LogP contribution >= 0.6 is 0 Å². The SMILES string of the molecule is O=C(c1cccc2c1OCC2)N1CCC(O)(CO)CC1. The number of hydrogen-bond donors (Lipinski definition) is 2. The predicted molar refractivity (Wildman–Crippen MR) is 72.8 cm³/mol. The van der Waals surface area contributed by atoms with Crippen LogP contribution in [0.1, 0.15) is 28.8 Å². The van der Waals surface area contributed by atoms with Crippen LogP contribution in [0.2, 0.25) is 0 Å². The fraction of sp³-hybridized carbons (Fsp3) is 0.533. The molecule has 1 aromatic rings. The van der Waals surface area contributed by atoms with E-state index < -0.39 is 5.60 Å². The number of aliphatic hydroxyl groups is 2. The van der Waals surface area contributed by atoms with Gasteiger partial charge in [-0.25, -0.2) is 0 Å². The molecule has 20 heavy (non-hydrogen) atoms. The van der Waals surface area contributed by atoms with Crippen LogP contribution in [0.3, 0.4) is 0 Å². The van der Waals surface area contributed by atoms with Crippen molar-refractivity contribution in [1.29, 1.82) is 0 Å². The number of ether oxygens (including phenoxy) is 1. The Morgan fingerprint density at radius 2 is 2.10 bits per heavy atom. The first kappa shape index (κ1) is 13.4. The van der Waals surface area contributed by atoms with Gasteiger partial charge in [0.15, 0.2) is 0 Å². The Kier molecular flexibility index (Phi) is 3.40. The van der Waals surface area contributed by atoms with Crippen molar-refractivity contribution in [3.05, 3.63) is 29.3 Å².